The molecular formula is C19H18N2O3. The predicted octanol–water partition coefficient (Wildman–Crippen LogP) is 2.86. The molecule has 1 aliphatic heterocycles. The van der Waals surface area contributed by atoms with Crippen molar-refractivity contribution in [2.75, 3.05) is 11.6 Å². The number of para-hydroxylation sites is 1. The molecule has 1 aliphatic rings. The zero-order chi connectivity index (χ0) is 17.1. The number of ether oxygens (including phenoxy) is 1. The minimum absolute atomic E-state index is 0.113. The number of benzene rings is 2. The van der Waals surface area contributed by atoms with Crippen LogP contribution in [0.25, 0.3) is 6.08 Å². The van der Waals surface area contributed by atoms with Crippen molar-refractivity contribution in [3.8, 4) is 5.75 Å². The number of hydrogen-bond donors (Lipinski definition) is 1. The van der Waals surface area contributed by atoms with E-state index in [0.717, 1.165) is 16.9 Å². The monoisotopic (exact) mass is 322 g/mol. The molecule has 0 spiro atoms. The molecule has 1 heterocycles. The summed E-state index contributed by atoms with van der Waals surface area (Å²) in [6.07, 6.45) is 1.60. The molecule has 122 valence electrons. The standard InChI is InChI=1S/C19H18N2O3/c1-3-24-17-10-9-14(11-13(17)2)12-16-18(22)20-21(19(16)23)15-7-5-4-6-8-15/h4-12H,3H2,1-2H3,(H,20,22)/b16-12+. The van der Waals surface area contributed by atoms with E-state index >= 15 is 0 Å². The summed E-state index contributed by atoms with van der Waals surface area (Å²) in [5.41, 5.74) is 5.07. The van der Waals surface area contributed by atoms with Crippen LogP contribution in [0.15, 0.2) is 54.1 Å². The molecular weight excluding hydrogens is 304 g/mol. The fraction of sp³-hybridized carbons (Fsp3) is 0.158. The molecule has 2 amide bonds. The Morgan fingerprint density at radius 2 is 1.88 bits per heavy atom. The molecule has 0 atom stereocenters. The molecule has 24 heavy (non-hydrogen) atoms. The quantitative estimate of drug-likeness (QED) is 0.695. The number of carbonyl (C=O) groups is 2. The lowest BCUT2D eigenvalue weighted by molar-refractivity contribution is -0.117. The van der Waals surface area contributed by atoms with Gasteiger partial charge in [0.1, 0.15) is 11.3 Å². The van der Waals surface area contributed by atoms with E-state index in [1.54, 1.807) is 18.2 Å². The van der Waals surface area contributed by atoms with Crippen LogP contribution in [0.1, 0.15) is 18.1 Å². The molecule has 5 nitrogen and oxygen atoms in total. The van der Waals surface area contributed by atoms with Gasteiger partial charge in [0.2, 0.25) is 0 Å². The summed E-state index contributed by atoms with van der Waals surface area (Å²) in [5, 5.41) is 1.26. The summed E-state index contributed by atoms with van der Waals surface area (Å²) in [5.74, 6) is 0.0286. The zero-order valence-corrected chi connectivity index (χ0v) is 13.6. The summed E-state index contributed by atoms with van der Waals surface area (Å²) < 4.78 is 5.50. The van der Waals surface area contributed by atoms with Crippen molar-refractivity contribution in [3.63, 3.8) is 0 Å². The lowest BCUT2D eigenvalue weighted by Crippen LogP contribution is -2.35. The average molecular weight is 322 g/mol. The SMILES string of the molecule is CCOc1ccc(/C=C2\C(=O)NN(c3ccccc3)C2=O)cc1C. The number of nitrogens with one attached hydrogen (secondary N) is 1. The van der Waals surface area contributed by atoms with E-state index in [-0.39, 0.29) is 11.5 Å². The van der Waals surface area contributed by atoms with Crippen LogP contribution in [0.4, 0.5) is 5.69 Å². The maximum Gasteiger partial charge on any atom is 0.282 e. The fourth-order valence-corrected chi connectivity index (χ4v) is 2.56. The second-order valence-corrected chi connectivity index (χ2v) is 5.43. The molecule has 0 saturated carbocycles. The molecule has 3 rings (SSSR count). The largest absolute Gasteiger partial charge is 0.494 e. The Hall–Kier alpha value is -3.08. The van der Waals surface area contributed by atoms with Gasteiger partial charge in [0.15, 0.2) is 0 Å². The molecule has 1 N–H and O–H groups in total. The van der Waals surface area contributed by atoms with Gasteiger partial charge in [0.05, 0.1) is 12.3 Å². The van der Waals surface area contributed by atoms with Crippen molar-refractivity contribution in [1.29, 1.82) is 0 Å². The van der Waals surface area contributed by atoms with E-state index < -0.39 is 5.91 Å². The minimum atomic E-state index is -0.407. The molecule has 5 heteroatoms. The molecule has 0 aliphatic carbocycles. The van der Waals surface area contributed by atoms with Gasteiger partial charge in [-0.1, -0.05) is 24.3 Å². The molecule has 2 aromatic carbocycles. The normalized spacial score (nSPS) is 15.8. The lowest BCUT2D eigenvalue weighted by Gasteiger charge is -2.13. The number of hydrogen-bond acceptors (Lipinski definition) is 3. The number of anilines is 1. The van der Waals surface area contributed by atoms with Crippen LogP contribution in [0.2, 0.25) is 0 Å². The third kappa shape index (κ3) is 3.01. The van der Waals surface area contributed by atoms with Gasteiger partial charge in [-0.05, 0) is 55.3 Å². The minimum Gasteiger partial charge on any atom is -0.494 e. The summed E-state index contributed by atoms with van der Waals surface area (Å²) >= 11 is 0. The Morgan fingerprint density at radius 1 is 1.12 bits per heavy atom. The Balaban J connectivity index is 1.89. The number of hydrazine groups is 1. The smallest absolute Gasteiger partial charge is 0.282 e. The third-order valence-corrected chi connectivity index (χ3v) is 3.72. The first-order chi connectivity index (χ1) is 11.6. The molecule has 2 aromatic rings. The van der Waals surface area contributed by atoms with E-state index in [1.807, 2.05) is 50.2 Å². The number of nitrogens with zero attached hydrogens (tertiary/aromatic N) is 1. The van der Waals surface area contributed by atoms with E-state index in [2.05, 4.69) is 5.43 Å². The van der Waals surface area contributed by atoms with Crippen LogP contribution in [0.5, 0.6) is 5.75 Å². The highest BCUT2D eigenvalue weighted by Gasteiger charge is 2.34. The van der Waals surface area contributed by atoms with Crippen LogP contribution in [0, 0.1) is 6.92 Å². The predicted molar refractivity (Wildman–Crippen MR) is 92.4 cm³/mol. The van der Waals surface area contributed by atoms with Crippen LogP contribution in [0.3, 0.4) is 0 Å². The van der Waals surface area contributed by atoms with Gasteiger partial charge in [0.25, 0.3) is 11.8 Å². The first-order valence-corrected chi connectivity index (χ1v) is 7.76. The molecule has 0 bridgehead atoms. The zero-order valence-electron chi connectivity index (χ0n) is 13.6. The summed E-state index contributed by atoms with van der Waals surface area (Å²) in [6.45, 7) is 4.45. The van der Waals surface area contributed by atoms with E-state index in [4.69, 9.17) is 4.74 Å². The highest BCUT2D eigenvalue weighted by Crippen LogP contribution is 2.24. The Bertz CT molecular complexity index is 813. The van der Waals surface area contributed by atoms with Crippen LogP contribution < -0.4 is 15.2 Å². The van der Waals surface area contributed by atoms with Crippen molar-refractivity contribution < 1.29 is 14.3 Å². The molecule has 1 saturated heterocycles. The van der Waals surface area contributed by atoms with Crippen molar-refractivity contribution in [3.05, 3.63) is 65.2 Å². The topological polar surface area (TPSA) is 58.6 Å². The van der Waals surface area contributed by atoms with Gasteiger partial charge >= 0.3 is 0 Å². The second kappa shape index (κ2) is 6.58. The third-order valence-electron chi connectivity index (χ3n) is 3.72. The van der Waals surface area contributed by atoms with E-state index in [0.29, 0.717) is 12.3 Å². The number of amides is 2. The van der Waals surface area contributed by atoms with Gasteiger partial charge in [-0.25, -0.2) is 5.01 Å². The van der Waals surface area contributed by atoms with Crippen molar-refractivity contribution in [1.82, 2.24) is 5.43 Å². The first-order valence-electron chi connectivity index (χ1n) is 7.76. The van der Waals surface area contributed by atoms with Gasteiger partial charge in [-0.2, -0.15) is 0 Å². The van der Waals surface area contributed by atoms with Gasteiger partial charge in [-0.15, -0.1) is 0 Å². The highest BCUT2D eigenvalue weighted by atomic mass is 16.5. The summed E-state index contributed by atoms with van der Waals surface area (Å²) in [7, 11) is 0. The number of rotatable bonds is 4. The van der Waals surface area contributed by atoms with Gasteiger partial charge in [-0.3, -0.25) is 15.0 Å². The van der Waals surface area contributed by atoms with Crippen molar-refractivity contribution >= 4 is 23.6 Å². The van der Waals surface area contributed by atoms with Gasteiger partial charge < -0.3 is 4.74 Å². The van der Waals surface area contributed by atoms with E-state index in [1.165, 1.54) is 5.01 Å². The lowest BCUT2D eigenvalue weighted by atomic mass is 10.1. The maximum atomic E-state index is 12.5. The fourth-order valence-electron chi connectivity index (χ4n) is 2.56. The van der Waals surface area contributed by atoms with E-state index in [9.17, 15) is 9.59 Å². The molecule has 1 fully saturated rings. The van der Waals surface area contributed by atoms with Crippen LogP contribution in [-0.4, -0.2) is 18.4 Å². The molecule has 0 unspecified atom stereocenters. The second-order valence-electron chi connectivity index (χ2n) is 5.43. The number of carbonyl (C=O) groups excluding carboxylic acids is 2. The van der Waals surface area contributed by atoms with Crippen molar-refractivity contribution in [2.24, 2.45) is 0 Å². The molecule has 0 radical (unpaired) electrons. The first kappa shape index (κ1) is 15.8. The van der Waals surface area contributed by atoms with Crippen LogP contribution >= 0.6 is 0 Å². The Labute approximate surface area is 140 Å². The molecule has 0 aromatic heterocycles. The Kier molecular flexibility index (Phi) is 4.33. The summed E-state index contributed by atoms with van der Waals surface area (Å²) in [6, 6.07) is 14.6. The maximum absolute atomic E-state index is 12.5. The summed E-state index contributed by atoms with van der Waals surface area (Å²) in [4.78, 5) is 24.7. The Morgan fingerprint density at radius 3 is 2.54 bits per heavy atom. The number of aryl methyl sites for hydroxylation is 1. The van der Waals surface area contributed by atoms with Gasteiger partial charge in [0, 0.05) is 0 Å². The average Bonchev–Trinajstić information content (AvgIpc) is 2.86. The van der Waals surface area contributed by atoms with Crippen molar-refractivity contribution in [2.45, 2.75) is 13.8 Å². The van der Waals surface area contributed by atoms with Crippen LogP contribution in [-0.2, 0) is 9.59 Å². The highest BCUT2D eigenvalue weighted by molar-refractivity contribution is 6.31.